The lowest BCUT2D eigenvalue weighted by molar-refractivity contribution is -0.121. The molecule has 0 rings (SSSR count). The molecule has 0 saturated heterocycles. The Balaban J connectivity index is 3.37. The third kappa shape index (κ3) is 3.64. The fraction of sp³-hybridized carbons (Fsp3) is 0.800. The van der Waals surface area contributed by atoms with Crippen molar-refractivity contribution < 1.29 is 4.79 Å². The van der Waals surface area contributed by atoms with E-state index in [2.05, 4.69) is 5.18 Å². The van der Waals surface area contributed by atoms with Gasteiger partial charge in [-0.15, -0.1) is 0 Å². The molecule has 0 radical (unpaired) electrons. The van der Waals surface area contributed by atoms with E-state index >= 15 is 0 Å². The van der Waals surface area contributed by atoms with Crippen molar-refractivity contribution in [3.8, 4) is 0 Å². The number of carbonyl (C=O) groups is 1. The summed E-state index contributed by atoms with van der Waals surface area (Å²) in [5, 5.41) is 2.60. The number of hydrogen-bond donors (Lipinski definition) is 1. The quantitative estimate of drug-likeness (QED) is 0.554. The normalized spacial score (nSPS) is 12.6. The van der Waals surface area contributed by atoms with Crippen molar-refractivity contribution in [2.45, 2.75) is 13.3 Å². The molecule has 1 unspecified atom stereocenters. The molecule has 52 valence electrons. The van der Waals surface area contributed by atoms with Crippen LogP contribution in [-0.4, -0.2) is 12.5 Å². The van der Waals surface area contributed by atoms with Crippen LogP contribution in [-0.2, 0) is 4.79 Å². The van der Waals surface area contributed by atoms with Crippen molar-refractivity contribution in [1.82, 2.24) is 0 Å². The molecule has 0 aliphatic carbocycles. The van der Waals surface area contributed by atoms with Gasteiger partial charge in [-0.05, 0) is 6.42 Å². The predicted molar refractivity (Wildman–Crippen MR) is 33.6 cm³/mol. The summed E-state index contributed by atoms with van der Waals surface area (Å²) in [5.41, 5.74) is 4.89. The van der Waals surface area contributed by atoms with Gasteiger partial charge in [0.1, 0.15) is 0 Å². The number of nitrogens with two attached hydrogens (primary N) is 1. The molecule has 0 aromatic carbocycles. The fourth-order valence-corrected chi connectivity index (χ4v) is 0.389. The van der Waals surface area contributed by atoms with Crippen LogP contribution in [0.4, 0.5) is 0 Å². The summed E-state index contributed by atoms with van der Waals surface area (Å²) in [6.45, 7) is 1.84. The number of nitroso groups, excluding NO2 is 1. The fourth-order valence-electron chi connectivity index (χ4n) is 0.389. The first-order valence-electron chi connectivity index (χ1n) is 2.77. The molecule has 0 aromatic heterocycles. The molecule has 0 aliphatic rings. The lowest BCUT2D eigenvalue weighted by Gasteiger charge is -2.00. The van der Waals surface area contributed by atoms with Gasteiger partial charge in [-0.1, -0.05) is 12.1 Å². The smallest absolute Gasteiger partial charge is 0.220 e. The summed E-state index contributed by atoms with van der Waals surface area (Å²) < 4.78 is 0. The Labute approximate surface area is 53.4 Å². The van der Waals surface area contributed by atoms with Crippen LogP contribution in [0.15, 0.2) is 5.18 Å². The molecule has 0 spiro atoms. The van der Waals surface area contributed by atoms with Gasteiger partial charge in [0.2, 0.25) is 5.91 Å². The first kappa shape index (κ1) is 8.07. The third-order valence-corrected chi connectivity index (χ3v) is 1.14. The van der Waals surface area contributed by atoms with Gasteiger partial charge < -0.3 is 5.73 Å². The van der Waals surface area contributed by atoms with Crippen molar-refractivity contribution in [3.05, 3.63) is 4.91 Å². The van der Waals surface area contributed by atoms with Crippen LogP contribution in [0.2, 0.25) is 0 Å². The molecule has 1 amide bonds. The Morgan fingerprint density at radius 3 is 2.67 bits per heavy atom. The Bertz CT molecular complexity index is 114. The Kier molecular flexibility index (Phi) is 3.59. The minimum atomic E-state index is -0.376. The van der Waals surface area contributed by atoms with Crippen LogP contribution >= 0.6 is 0 Å². The molecule has 1 atom stereocenters. The number of hydrogen-bond acceptors (Lipinski definition) is 3. The van der Waals surface area contributed by atoms with Gasteiger partial charge in [0.05, 0.1) is 6.54 Å². The maximum atomic E-state index is 10.3. The zero-order chi connectivity index (χ0) is 7.28. The van der Waals surface area contributed by atoms with Gasteiger partial charge in [0.25, 0.3) is 0 Å². The van der Waals surface area contributed by atoms with Crippen molar-refractivity contribution in [3.63, 3.8) is 0 Å². The molecule has 4 nitrogen and oxygen atoms in total. The minimum Gasteiger partial charge on any atom is -0.369 e. The van der Waals surface area contributed by atoms with Crippen molar-refractivity contribution in [2.24, 2.45) is 16.8 Å². The first-order valence-corrected chi connectivity index (χ1v) is 2.77. The number of amides is 1. The number of primary amides is 1. The predicted octanol–water partition coefficient (Wildman–Crippen LogP) is 0.264. The third-order valence-electron chi connectivity index (χ3n) is 1.14. The average Bonchev–Trinajstić information content (AvgIpc) is 1.82. The molecule has 0 aromatic rings. The van der Waals surface area contributed by atoms with Gasteiger partial charge in [0, 0.05) is 5.92 Å². The maximum absolute atomic E-state index is 10.3. The molecule has 0 bridgehead atoms. The van der Waals surface area contributed by atoms with E-state index in [1.54, 1.807) is 6.92 Å². The van der Waals surface area contributed by atoms with E-state index in [1.807, 2.05) is 0 Å². The van der Waals surface area contributed by atoms with Crippen molar-refractivity contribution >= 4 is 5.91 Å². The second kappa shape index (κ2) is 4.00. The minimum absolute atomic E-state index is 0.171. The average molecular weight is 130 g/mol. The molecule has 0 heterocycles. The topological polar surface area (TPSA) is 72.5 Å². The Morgan fingerprint density at radius 2 is 2.33 bits per heavy atom. The summed E-state index contributed by atoms with van der Waals surface area (Å²) in [5.74, 6) is -0.610. The van der Waals surface area contributed by atoms with Crippen LogP contribution < -0.4 is 5.73 Å². The SMILES string of the molecule is CC(CCN=O)C(N)=O. The van der Waals surface area contributed by atoms with E-state index in [9.17, 15) is 9.70 Å². The zero-order valence-corrected chi connectivity index (χ0v) is 5.33. The van der Waals surface area contributed by atoms with E-state index in [0.29, 0.717) is 6.42 Å². The van der Waals surface area contributed by atoms with Crippen molar-refractivity contribution in [1.29, 1.82) is 0 Å². The van der Waals surface area contributed by atoms with Crippen LogP contribution in [0.3, 0.4) is 0 Å². The van der Waals surface area contributed by atoms with Crippen molar-refractivity contribution in [2.75, 3.05) is 6.54 Å². The molecule has 0 fully saturated rings. The molecular formula is C5H10N2O2. The lowest BCUT2D eigenvalue weighted by Crippen LogP contribution is -2.20. The maximum Gasteiger partial charge on any atom is 0.220 e. The summed E-state index contributed by atoms with van der Waals surface area (Å²) >= 11 is 0. The highest BCUT2D eigenvalue weighted by Gasteiger charge is 2.06. The summed E-state index contributed by atoms with van der Waals surface area (Å²) in [4.78, 5) is 19.8. The van der Waals surface area contributed by atoms with Gasteiger partial charge in [-0.2, -0.15) is 4.91 Å². The summed E-state index contributed by atoms with van der Waals surface area (Å²) in [7, 11) is 0. The summed E-state index contributed by atoms with van der Waals surface area (Å²) in [6.07, 6.45) is 0.457. The largest absolute Gasteiger partial charge is 0.369 e. The van der Waals surface area contributed by atoms with Crippen LogP contribution in [0.25, 0.3) is 0 Å². The molecule has 0 aliphatic heterocycles. The van der Waals surface area contributed by atoms with Gasteiger partial charge in [-0.3, -0.25) is 4.79 Å². The highest BCUT2D eigenvalue weighted by molar-refractivity contribution is 5.76. The zero-order valence-electron chi connectivity index (χ0n) is 5.33. The molecule has 0 saturated carbocycles. The van der Waals surface area contributed by atoms with Crippen LogP contribution in [0.1, 0.15) is 13.3 Å². The van der Waals surface area contributed by atoms with Crippen LogP contribution in [0, 0.1) is 10.8 Å². The number of carbonyl (C=O) groups excluding carboxylic acids is 1. The molecule has 4 heteroatoms. The molecule has 9 heavy (non-hydrogen) atoms. The first-order chi connectivity index (χ1) is 4.18. The number of nitrogens with zero attached hydrogens (tertiary/aromatic N) is 1. The number of rotatable bonds is 4. The second-order valence-electron chi connectivity index (χ2n) is 1.94. The second-order valence-corrected chi connectivity index (χ2v) is 1.94. The lowest BCUT2D eigenvalue weighted by atomic mass is 10.1. The standard InChI is InChI=1S/C5H10N2O2/c1-4(5(6)8)2-3-7-9/h4H,2-3H2,1H3,(H2,6,8). The van der Waals surface area contributed by atoms with E-state index < -0.39 is 0 Å². The van der Waals surface area contributed by atoms with E-state index in [0.717, 1.165) is 0 Å². The van der Waals surface area contributed by atoms with E-state index in [4.69, 9.17) is 5.73 Å². The van der Waals surface area contributed by atoms with E-state index in [-0.39, 0.29) is 18.4 Å². The molecule has 2 N–H and O–H groups in total. The van der Waals surface area contributed by atoms with Gasteiger partial charge in [0.15, 0.2) is 0 Å². The highest BCUT2D eigenvalue weighted by Crippen LogP contribution is 1.98. The molecular weight excluding hydrogens is 120 g/mol. The highest BCUT2D eigenvalue weighted by atomic mass is 16.3. The Hall–Kier alpha value is -0.930. The van der Waals surface area contributed by atoms with Gasteiger partial charge in [-0.25, -0.2) is 0 Å². The Morgan fingerprint density at radius 1 is 1.78 bits per heavy atom. The summed E-state index contributed by atoms with van der Waals surface area (Å²) in [6, 6.07) is 0. The van der Waals surface area contributed by atoms with Crippen LogP contribution in [0.5, 0.6) is 0 Å². The van der Waals surface area contributed by atoms with E-state index in [1.165, 1.54) is 0 Å². The monoisotopic (exact) mass is 130 g/mol. The van der Waals surface area contributed by atoms with Gasteiger partial charge >= 0.3 is 0 Å².